The highest BCUT2D eigenvalue weighted by Crippen LogP contribution is 2.51. The quantitative estimate of drug-likeness (QED) is 0.793. The second-order valence-electron chi connectivity index (χ2n) is 7.78. The average molecular weight is 336 g/mol. The maximum absolute atomic E-state index is 5.49. The number of halogens is 1. The summed E-state index contributed by atoms with van der Waals surface area (Å²) in [6, 6.07) is 8.94. The molecule has 1 saturated heterocycles. The Labute approximate surface area is 147 Å². The lowest BCUT2D eigenvalue weighted by Gasteiger charge is -2.36. The van der Waals surface area contributed by atoms with Gasteiger partial charge in [0.05, 0.1) is 7.11 Å². The molecule has 128 valence electrons. The molecular weight excluding hydrogens is 306 g/mol. The third kappa shape index (κ3) is 3.39. The first-order valence-corrected chi connectivity index (χ1v) is 9.17. The fraction of sp³-hybridized carbons (Fsp3) is 0.700. The van der Waals surface area contributed by atoms with Crippen LogP contribution in [0.2, 0.25) is 0 Å². The minimum Gasteiger partial charge on any atom is -0.497 e. The summed E-state index contributed by atoms with van der Waals surface area (Å²) in [5.74, 6) is 2.89. The van der Waals surface area contributed by atoms with E-state index in [9.17, 15) is 0 Å². The van der Waals surface area contributed by atoms with E-state index < -0.39 is 0 Å². The van der Waals surface area contributed by atoms with Gasteiger partial charge in [0.2, 0.25) is 0 Å². The summed E-state index contributed by atoms with van der Waals surface area (Å²) in [6.07, 6.45) is 9.87. The molecule has 0 aromatic heterocycles. The topological polar surface area (TPSA) is 12.5 Å². The molecule has 3 aliphatic rings. The van der Waals surface area contributed by atoms with Crippen molar-refractivity contribution in [3.8, 4) is 5.75 Å². The Morgan fingerprint density at radius 3 is 2.78 bits per heavy atom. The van der Waals surface area contributed by atoms with Gasteiger partial charge in [-0.25, -0.2) is 0 Å². The van der Waals surface area contributed by atoms with Crippen LogP contribution in [0.5, 0.6) is 5.75 Å². The Kier molecular flexibility index (Phi) is 5.22. The van der Waals surface area contributed by atoms with Gasteiger partial charge in [0.15, 0.2) is 0 Å². The van der Waals surface area contributed by atoms with Gasteiger partial charge in [0.1, 0.15) is 5.75 Å². The summed E-state index contributed by atoms with van der Waals surface area (Å²) in [6.45, 7) is 4.01. The van der Waals surface area contributed by atoms with Crippen molar-refractivity contribution < 1.29 is 4.74 Å². The van der Waals surface area contributed by atoms with Crippen molar-refractivity contribution in [2.75, 3.05) is 26.7 Å². The number of nitrogens with zero attached hydrogens (tertiary/aromatic N) is 1. The maximum Gasteiger partial charge on any atom is 0.119 e. The first-order valence-electron chi connectivity index (χ1n) is 9.17. The first kappa shape index (κ1) is 17.1. The van der Waals surface area contributed by atoms with Crippen LogP contribution in [0.4, 0.5) is 0 Å². The molecule has 3 fully saturated rings. The van der Waals surface area contributed by atoms with Crippen LogP contribution in [-0.4, -0.2) is 31.6 Å². The van der Waals surface area contributed by atoms with E-state index in [0.29, 0.717) is 5.41 Å². The molecule has 4 rings (SSSR count). The number of fused-ring (bicyclic) bond motifs is 1. The van der Waals surface area contributed by atoms with Crippen molar-refractivity contribution in [3.63, 3.8) is 0 Å². The van der Waals surface area contributed by atoms with Crippen LogP contribution in [0, 0.1) is 11.8 Å². The second-order valence-corrected chi connectivity index (χ2v) is 7.78. The molecule has 23 heavy (non-hydrogen) atoms. The highest BCUT2D eigenvalue weighted by atomic mass is 35.5. The van der Waals surface area contributed by atoms with E-state index in [0.717, 1.165) is 17.6 Å². The minimum absolute atomic E-state index is 0. The lowest BCUT2D eigenvalue weighted by atomic mass is 9.69. The number of ether oxygens (including phenoxy) is 1. The van der Waals surface area contributed by atoms with Gasteiger partial charge in [-0.2, -0.15) is 0 Å². The number of hydrogen-bond donors (Lipinski definition) is 0. The monoisotopic (exact) mass is 335 g/mol. The lowest BCUT2D eigenvalue weighted by molar-refractivity contribution is 0.215. The molecule has 1 aromatic rings. The van der Waals surface area contributed by atoms with Gasteiger partial charge in [0.25, 0.3) is 0 Å². The zero-order valence-electron chi connectivity index (χ0n) is 14.3. The van der Waals surface area contributed by atoms with Gasteiger partial charge in [-0.1, -0.05) is 18.6 Å². The number of benzene rings is 1. The van der Waals surface area contributed by atoms with Crippen LogP contribution in [0.15, 0.2) is 24.3 Å². The summed E-state index contributed by atoms with van der Waals surface area (Å²) in [5.41, 5.74) is 1.97. The molecule has 2 unspecified atom stereocenters. The fourth-order valence-corrected chi connectivity index (χ4v) is 5.05. The molecular formula is C20H30ClNO. The zero-order chi connectivity index (χ0) is 15.0. The molecule has 0 amide bonds. The van der Waals surface area contributed by atoms with Crippen LogP contribution >= 0.6 is 12.4 Å². The van der Waals surface area contributed by atoms with E-state index in [2.05, 4.69) is 29.2 Å². The minimum atomic E-state index is 0. The Balaban J connectivity index is 0.00000156. The molecule has 2 atom stereocenters. The summed E-state index contributed by atoms with van der Waals surface area (Å²) in [4.78, 5) is 2.79. The number of hydrogen-bond acceptors (Lipinski definition) is 2. The third-order valence-corrected chi connectivity index (χ3v) is 6.39. The Bertz CT molecular complexity index is 530. The molecule has 0 N–H and O–H groups in total. The van der Waals surface area contributed by atoms with Gasteiger partial charge in [-0.3, -0.25) is 0 Å². The Morgan fingerprint density at radius 1 is 1.17 bits per heavy atom. The largest absolute Gasteiger partial charge is 0.497 e. The summed E-state index contributed by atoms with van der Waals surface area (Å²) >= 11 is 0. The molecule has 0 spiro atoms. The predicted octanol–water partition coefficient (Wildman–Crippen LogP) is 4.66. The van der Waals surface area contributed by atoms with Crippen LogP contribution in [-0.2, 0) is 5.41 Å². The van der Waals surface area contributed by atoms with Gasteiger partial charge in [-0.05, 0) is 80.0 Å². The Hall–Kier alpha value is -0.730. The zero-order valence-corrected chi connectivity index (χ0v) is 15.1. The van der Waals surface area contributed by atoms with Crippen molar-refractivity contribution in [2.45, 2.75) is 50.4 Å². The number of methoxy groups -OCH3 is 1. The molecule has 0 bridgehead atoms. The van der Waals surface area contributed by atoms with E-state index in [1.807, 2.05) is 0 Å². The van der Waals surface area contributed by atoms with E-state index in [1.165, 1.54) is 64.6 Å². The van der Waals surface area contributed by atoms with Crippen LogP contribution in [0.25, 0.3) is 0 Å². The third-order valence-electron chi connectivity index (χ3n) is 6.39. The molecule has 1 aromatic carbocycles. The second kappa shape index (κ2) is 7.03. The van der Waals surface area contributed by atoms with Crippen molar-refractivity contribution in [3.05, 3.63) is 29.8 Å². The highest BCUT2D eigenvalue weighted by molar-refractivity contribution is 5.85. The van der Waals surface area contributed by atoms with Crippen molar-refractivity contribution in [1.82, 2.24) is 4.90 Å². The highest BCUT2D eigenvalue weighted by Gasteiger charge is 2.46. The van der Waals surface area contributed by atoms with Gasteiger partial charge in [-0.15, -0.1) is 12.4 Å². The lowest BCUT2D eigenvalue weighted by Crippen LogP contribution is -2.36. The molecule has 2 nitrogen and oxygen atoms in total. The first-order chi connectivity index (χ1) is 10.8. The van der Waals surface area contributed by atoms with Crippen LogP contribution in [0.1, 0.15) is 50.5 Å². The normalized spacial score (nSPS) is 31.1. The van der Waals surface area contributed by atoms with E-state index in [-0.39, 0.29) is 12.4 Å². The molecule has 3 heteroatoms. The van der Waals surface area contributed by atoms with Crippen molar-refractivity contribution in [1.29, 1.82) is 0 Å². The standard InChI is InChI=1S/C20H29NO.ClH/c1-22-19-7-2-5-17(13-19)20-10-3-6-18(20)15-21(12-4-11-20)14-16-8-9-16;/h2,5,7,13,16,18H,3-4,6,8-12,14-15H2,1H3;1H. The van der Waals surface area contributed by atoms with Gasteiger partial charge < -0.3 is 9.64 Å². The van der Waals surface area contributed by atoms with E-state index >= 15 is 0 Å². The average Bonchev–Trinajstić information content (AvgIpc) is 3.31. The molecule has 0 radical (unpaired) electrons. The van der Waals surface area contributed by atoms with Crippen molar-refractivity contribution >= 4 is 12.4 Å². The predicted molar refractivity (Wildman–Crippen MR) is 97.7 cm³/mol. The summed E-state index contributed by atoms with van der Waals surface area (Å²) < 4.78 is 5.49. The van der Waals surface area contributed by atoms with Crippen LogP contribution in [0.3, 0.4) is 0 Å². The molecule has 1 aliphatic heterocycles. The number of rotatable bonds is 4. The van der Waals surface area contributed by atoms with E-state index in [1.54, 1.807) is 12.7 Å². The van der Waals surface area contributed by atoms with Gasteiger partial charge in [0, 0.05) is 13.1 Å². The fourth-order valence-electron chi connectivity index (χ4n) is 5.05. The van der Waals surface area contributed by atoms with Gasteiger partial charge >= 0.3 is 0 Å². The van der Waals surface area contributed by atoms with Crippen LogP contribution < -0.4 is 4.74 Å². The summed E-state index contributed by atoms with van der Waals surface area (Å²) in [5, 5.41) is 0. The van der Waals surface area contributed by atoms with Crippen molar-refractivity contribution in [2.24, 2.45) is 11.8 Å². The molecule has 2 aliphatic carbocycles. The smallest absolute Gasteiger partial charge is 0.119 e. The molecule has 2 saturated carbocycles. The number of likely N-dealkylation sites (tertiary alicyclic amines) is 1. The molecule has 1 heterocycles. The SMILES string of the molecule is COc1cccc(C23CCCC2CN(CC2CC2)CCC3)c1.Cl. The summed E-state index contributed by atoms with van der Waals surface area (Å²) in [7, 11) is 1.79. The van der Waals surface area contributed by atoms with E-state index in [4.69, 9.17) is 4.74 Å². The maximum atomic E-state index is 5.49. The Morgan fingerprint density at radius 2 is 2.00 bits per heavy atom.